The molecule has 15 heavy (non-hydrogen) atoms. The Hall–Kier alpha value is -0.670. The maximum atomic E-state index is 12.3. The third-order valence-electron chi connectivity index (χ3n) is 1.88. The Labute approximate surface area is 96.0 Å². The fraction of sp³-hybridized carbons (Fsp3) is 0.300. The van der Waals surface area contributed by atoms with Crippen molar-refractivity contribution in [3.8, 4) is 0 Å². The monoisotopic (exact) mass is 252 g/mol. The van der Waals surface area contributed by atoms with E-state index in [1.807, 2.05) is 0 Å². The van der Waals surface area contributed by atoms with Crippen LogP contribution in [0, 0.1) is 0 Å². The van der Waals surface area contributed by atoms with Crippen LogP contribution >= 0.6 is 23.2 Å². The van der Waals surface area contributed by atoms with Gasteiger partial charge >= 0.3 is 0 Å². The van der Waals surface area contributed by atoms with Crippen molar-refractivity contribution in [1.82, 2.24) is 0 Å². The van der Waals surface area contributed by atoms with Gasteiger partial charge in [-0.2, -0.15) is 0 Å². The van der Waals surface area contributed by atoms with Crippen LogP contribution in [0.25, 0.3) is 0 Å². The minimum atomic E-state index is -2.63. The predicted molar refractivity (Wildman–Crippen MR) is 56.1 cm³/mol. The van der Waals surface area contributed by atoms with Crippen LogP contribution in [0.1, 0.15) is 28.8 Å². The molecule has 1 aromatic rings. The number of halogens is 4. The third kappa shape index (κ3) is 3.14. The number of carbonyl (C=O) groups is 1. The van der Waals surface area contributed by atoms with Crippen LogP contribution in [0.4, 0.5) is 8.78 Å². The third-order valence-corrected chi connectivity index (χ3v) is 2.40. The van der Waals surface area contributed by atoms with Crippen LogP contribution in [0.2, 0.25) is 5.02 Å². The van der Waals surface area contributed by atoms with Gasteiger partial charge in [0.25, 0.3) is 6.43 Å². The number of ketones is 1. The predicted octanol–water partition coefficient (Wildman–Crippen LogP) is 4.09. The van der Waals surface area contributed by atoms with Gasteiger partial charge in [0.15, 0.2) is 5.78 Å². The topological polar surface area (TPSA) is 17.1 Å². The van der Waals surface area contributed by atoms with Gasteiger partial charge in [-0.3, -0.25) is 4.79 Å². The molecule has 0 unspecified atom stereocenters. The average Bonchev–Trinajstić information content (AvgIpc) is 2.17. The van der Waals surface area contributed by atoms with Gasteiger partial charge in [-0.15, -0.1) is 11.6 Å². The van der Waals surface area contributed by atoms with Crippen molar-refractivity contribution >= 4 is 29.0 Å². The highest BCUT2D eigenvalue weighted by molar-refractivity contribution is 6.31. The molecule has 1 aromatic carbocycles. The Kier molecular flexibility index (Phi) is 4.48. The summed E-state index contributed by atoms with van der Waals surface area (Å²) in [5.74, 6) is 0.000251. The zero-order chi connectivity index (χ0) is 11.4. The molecule has 0 heterocycles. The molecule has 0 aliphatic rings. The lowest BCUT2D eigenvalue weighted by Gasteiger charge is -2.05. The number of benzene rings is 1. The van der Waals surface area contributed by atoms with E-state index >= 15 is 0 Å². The molecule has 5 heteroatoms. The first kappa shape index (κ1) is 12.4. The molecule has 82 valence electrons. The van der Waals surface area contributed by atoms with E-state index < -0.39 is 6.43 Å². The molecule has 0 aromatic heterocycles. The van der Waals surface area contributed by atoms with Crippen molar-refractivity contribution in [3.05, 3.63) is 34.3 Å². The van der Waals surface area contributed by atoms with Gasteiger partial charge in [0, 0.05) is 23.4 Å². The molecule has 0 saturated carbocycles. The molecule has 0 aliphatic carbocycles. The summed E-state index contributed by atoms with van der Waals surface area (Å²) >= 11 is 11.0. The summed E-state index contributed by atoms with van der Waals surface area (Å²) in [5, 5.41) is -0.0922. The first-order chi connectivity index (χ1) is 7.06. The SMILES string of the molecule is O=C(CCCl)c1ccc(C(F)F)c(Cl)c1. The highest BCUT2D eigenvalue weighted by Gasteiger charge is 2.14. The zero-order valence-corrected chi connectivity index (χ0v) is 9.16. The van der Waals surface area contributed by atoms with Crippen LogP contribution in [0.15, 0.2) is 18.2 Å². The van der Waals surface area contributed by atoms with Gasteiger partial charge in [-0.25, -0.2) is 8.78 Å². The van der Waals surface area contributed by atoms with Crippen LogP contribution in [0.3, 0.4) is 0 Å². The summed E-state index contributed by atoms with van der Waals surface area (Å²) in [6.07, 6.45) is -2.46. The van der Waals surface area contributed by atoms with Crippen molar-refractivity contribution in [2.75, 3.05) is 5.88 Å². The Balaban J connectivity index is 2.96. The van der Waals surface area contributed by atoms with E-state index in [1.54, 1.807) is 0 Å². The van der Waals surface area contributed by atoms with E-state index in [1.165, 1.54) is 12.1 Å². The Morgan fingerprint density at radius 1 is 1.40 bits per heavy atom. The molecule has 0 atom stereocenters. The molecule has 0 bridgehead atoms. The number of carbonyl (C=O) groups excluding carboxylic acids is 1. The van der Waals surface area contributed by atoms with Crippen molar-refractivity contribution in [2.45, 2.75) is 12.8 Å². The summed E-state index contributed by atoms with van der Waals surface area (Å²) in [5.41, 5.74) is 0.0455. The van der Waals surface area contributed by atoms with Crippen LogP contribution in [-0.4, -0.2) is 11.7 Å². The number of alkyl halides is 3. The van der Waals surface area contributed by atoms with Crippen molar-refractivity contribution in [1.29, 1.82) is 0 Å². The van der Waals surface area contributed by atoms with Crippen LogP contribution in [-0.2, 0) is 0 Å². The summed E-state index contributed by atoms with van der Waals surface area (Å²) in [6, 6.07) is 3.74. The second-order valence-corrected chi connectivity index (χ2v) is 3.68. The fourth-order valence-corrected chi connectivity index (χ4v) is 1.54. The summed E-state index contributed by atoms with van der Waals surface area (Å²) in [7, 11) is 0. The number of hydrogen-bond donors (Lipinski definition) is 0. The molecule has 1 rings (SSSR count). The normalized spacial score (nSPS) is 10.7. The van der Waals surface area contributed by atoms with Gasteiger partial charge in [-0.05, 0) is 6.07 Å². The standard InChI is InChI=1S/C10H8Cl2F2O/c11-4-3-9(15)6-1-2-7(10(13)14)8(12)5-6/h1-2,5,10H,3-4H2. The molecular formula is C10H8Cl2F2O. The van der Waals surface area contributed by atoms with Gasteiger partial charge in [0.1, 0.15) is 0 Å². The van der Waals surface area contributed by atoms with Gasteiger partial charge in [-0.1, -0.05) is 23.7 Å². The van der Waals surface area contributed by atoms with Gasteiger partial charge < -0.3 is 0 Å². The Morgan fingerprint density at radius 3 is 2.53 bits per heavy atom. The van der Waals surface area contributed by atoms with E-state index in [0.29, 0.717) is 5.56 Å². The summed E-state index contributed by atoms with van der Waals surface area (Å²) < 4.78 is 24.6. The minimum absolute atomic E-state index is 0.0922. The zero-order valence-electron chi connectivity index (χ0n) is 7.64. The lowest BCUT2D eigenvalue weighted by Crippen LogP contribution is -2.00. The van der Waals surface area contributed by atoms with Gasteiger partial charge in [0.2, 0.25) is 0 Å². The van der Waals surface area contributed by atoms with Crippen LogP contribution in [0.5, 0.6) is 0 Å². The largest absolute Gasteiger partial charge is 0.294 e. The number of hydrogen-bond acceptors (Lipinski definition) is 1. The average molecular weight is 253 g/mol. The molecular weight excluding hydrogens is 245 g/mol. The minimum Gasteiger partial charge on any atom is -0.294 e. The van der Waals surface area contributed by atoms with E-state index in [0.717, 1.165) is 6.07 Å². The summed E-state index contributed by atoms with van der Waals surface area (Å²) in [6.45, 7) is 0. The van der Waals surface area contributed by atoms with E-state index in [9.17, 15) is 13.6 Å². The van der Waals surface area contributed by atoms with Crippen molar-refractivity contribution < 1.29 is 13.6 Å². The van der Waals surface area contributed by atoms with Crippen molar-refractivity contribution in [3.63, 3.8) is 0 Å². The van der Waals surface area contributed by atoms with Crippen molar-refractivity contribution in [2.24, 2.45) is 0 Å². The first-order valence-electron chi connectivity index (χ1n) is 4.23. The molecule has 0 fully saturated rings. The second-order valence-electron chi connectivity index (χ2n) is 2.90. The lowest BCUT2D eigenvalue weighted by atomic mass is 10.1. The fourth-order valence-electron chi connectivity index (χ4n) is 1.11. The number of Topliss-reactive ketones (excluding diaryl/α,β-unsaturated/α-hetero) is 1. The highest BCUT2D eigenvalue weighted by atomic mass is 35.5. The van der Waals surface area contributed by atoms with E-state index in [-0.39, 0.29) is 28.7 Å². The van der Waals surface area contributed by atoms with Gasteiger partial charge in [0.05, 0.1) is 5.02 Å². The molecule has 0 saturated heterocycles. The molecule has 0 amide bonds. The lowest BCUT2D eigenvalue weighted by molar-refractivity contribution is 0.0988. The maximum absolute atomic E-state index is 12.3. The quantitative estimate of drug-likeness (QED) is 0.583. The van der Waals surface area contributed by atoms with E-state index in [4.69, 9.17) is 23.2 Å². The molecule has 0 radical (unpaired) electrons. The molecule has 0 N–H and O–H groups in total. The summed E-state index contributed by atoms with van der Waals surface area (Å²) in [4.78, 5) is 11.3. The highest BCUT2D eigenvalue weighted by Crippen LogP contribution is 2.27. The smallest absolute Gasteiger partial charge is 0.265 e. The molecule has 1 nitrogen and oxygen atoms in total. The maximum Gasteiger partial charge on any atom is 0.265 e. The first-order valence-corrected chi connectivity index (χ1v) is 5.14. The Bertz CT molecular complexity index is 366. The number of rotatable bonds is 4. The molecule has 0 spiro atoms. The molecule has 0 aliphatic heterocycles. The second kappa shape index (κ2) is 5.42. The van der Waals surface area contributed by atoms with Crippen LogP contribution < -0.4 is 0 Å². The van der Waals surface area contributed by atoms with E-state index in [2.05, 4.69) is 0 Å². The Morgan fingerprint density at radius 2 is 2.07 bits per heavy atom.